The van der Waals surface area contributed by atoms with E-state index >= 15 is 0 Å². The maximum absolute atomic E-state index is 5.06. The maximum Gasteiger partial charge on any atom is 0.246 e. The minimum atomic E-state index is 0.494. The Morgan fingerprint density at radius 1 is 1.45 bits per heavy atom. The molecular formula is C14H25N5O. The molecule has 0 radical (unpaired) electrons. The molecule has 6 heteroatoms. The second kappa shape index (κ2) is 9.12. The Morgan fingerprint density at radius 3 is 2.85 bits per heavy atom. The highest BCUT2D eigenvalue weighted by Crippen LogP contribution is 2.02. The molecule has 0 aromatic carbocycles. The number of guanidine groups is 1. The number of rotatable bonds is 8. The summed E-state index contributed by atoms with van der Waals surface area (Å²) in [4.78, 5) is 10.5. The molecule has 0 aliphatic rings. The van der Waals surface area contributed by atoms with Gasteiger partial charge >= 0.3 is 0 Å². The quantitative estimate of drug-likeness (QED) is 0.342. The van der Waals surface area contributed by atoms with E-state index in [1.807, 2.05) is 13.1 Å². The Bertz CT molecular complexity index is 427. The number of nitrogens with zero attached hydrogens (tertiary/aromatic N) is 4. The molecule has 1 aromatic heterocycles. The molecule has 0 saturated heterocycles. The van der Waals surface area contributed by atoms with Crippen molar-refractivity contribution < 1.29 is 4.52 Å². The van der Waals surface area contributed by atoms with Gasteiger partial charge in [0.25, 0.3) is 0 Å². The minimum Gasteiger partial charge on any atom is -0.347 e. The lowest BCUT2D eigenvalue weighted by Crippen LogP contribution is -2.39. The number of hydrogen-bond donors (Lipinski definition) is 1. The lowest BCUT2D eigenvalue weighted by molar-refractivity contribution is 0.367. The van der Waals surface area contributed by atoms with E-state index in [9.17, 15) is 0 Å². The zero-order valence-electron chi connectivity index (χ0n) is 12.7. The molecule has 0 fully saturated rings. The summed E-state index contributed by atoms with van der Waals surface area (Å²) in [7, 11) is 3.80. The number of nitrogens with one attached hydrogen (secondary N) is 1. The van der Waals surface area contributed by atoms with Crippen molar-refractivity contribution in [3.8, 4) is 0 Å². The van der Waals surface area contributed by atoms with Gasteiger partial charge in [0.05, 0.1) is 6.54 Å². The van der Waals surface area contributed by atoms with Gasteiger partial charge in [-0.25, -0.2) is 0 Å². The first-order chi connectivity index (χ1) is 9.67. The Hall–Kier alpha value is -1.85. The van der Waals surface area contributed by atoms with Crippen molar-refractivity contribution in [1.82, 2.24) is 20.4 Å². The van der Waals surface area contributed by atoms with Crippen LogP contribution < -0.4 is 5.32 Å². The smallest absolute Gasteiger partial charge is 0.246 e. The van der Waals surface area contributed by atoms with Gasteiger partial charge in [-0.2, -0.15) is 4.98 Å². The first kappa shape index (κ1) is 16.2. The van der Waals surface area contributed by atoms with Crippen LogP contribution in [-0.4, -0.2) is 41.6 Å². The average molecular weight is 279 g/mol. The van der Waals surface area contributed by atoms with Gasteiger partial charge in [0.2, 0.25) is 5.89 Å². The molecule has 0 saturated carbocycles. The first-order valence-corrected chi connectivity index (χ1v) is 6.99. The molecular weight excluding hydrogens is 254 g/mol. The Labute approximate surface area is 121 Å². The molecule has 0 aliphatic carbocycles. The fraction of sp³-hybridized carbons (Fsp3) is 0.643. The zero-order valence-corrected chi connectivity index (χ0v) is 12.7. The van der Waals surface area contributed by atoms with Crippen LogP contribution in [0.1, 0.15) is 37.4 Å². The van der Waals surface area contributed by atoms with Crippen LogP contribution >= 0.6 is 0 Å². The number of aryl methyl sites for hydroxylation is 1. The highest BCUT2D eigenvalue weighted by Gasteiger charge is 2.08. The van der Waals surface area contributed by atoms with Gasteiger partial charge in [-0.05, 0) is 26.2 Å². The van der Waals surface area contributed by atoms with Gasteiger partial charge < -0.3 is 14.7 Å². The number of allylic oxidation sites excluding steroid dienone is 1. The predicted octanol–water partition coefficient (Wildman–Crippen LogP) is 2.13. The molecule has 0 aliphatic heterocycles. The molecule has 1 heterocycles. The van der Waals surface area contributed by atoms with E-state index in [2.05, 4.69) is 31.9 Å². The van der Waals surface area contributed by atoms with Gasteiger partial charge in [-0.1, -0.05) is 17.7 Å². The molecule has 6 nitrogen and oxygen atoms in total. The normalized spacial score (nSPS) is 11.4. The molecule has 20 heavy (non-hydrogen) atoms. The van der Waals surface area contributed by atoms with Gasteiger partial charge in [0, 0.05) is 20.6 Å². The molecule has 1 rings (SSSR count). The van der Waals surface area contributed by atoms with E-state index in [0.29, 0.717) is 18.3 Å². The second-order valence-electron chi connectivity index (χ2n) is 4.70. The van der Waals surface area contributed by atoms with E-state index in [0.717, 1.165) is 25.3 Å². The zero-order chi connectivity index (χ0) is 14.8. The van der Waals surface area contributed by atoms with Crippen molar-refractivity contribution in [2.24, 2.45) is 4.99 Å². The van der Waals surface area contributed by atoms with E-state index in [4.69, 9.17) is 4.52 Å². The van der Waals surface area contributed by atoms with Gasteiger partial charge in [-0.15, -0.1) is 6.58 Å². The highest BCUT2D eigenvalue weighted by atomic mass is 16.5. The van der Waals surface area contributed by atoms with Gasteiger partial charge in [0.15, 0.2) is 11.8 Å². The second-order valence-corrected chi connectivity index (χ2v) is 4.70. The Kier molecular flexibility index (Phi) is 7.39. The van der Waals surface area contributed by atoms with Crippen molar-refractivity contribution in [3.63, 3.8) is 0 Å². The number of aliphatic imine (C=N–C) groups is 1. The Morgan fingerprint density at radius 2 is 2.25 bits per heavy atom. The summed E-state index contributed by atoms with van der Waals surface area (Å²) >= 11 is 0. The van der Waals surface area contributed by atoms with Gasteiger partial charge in [0.1, 0.15) is 0 Å². The molecule has 1 N–H and O–H groups in total. The molecule has 0 spiro atoms. The summed E-state index contributed by atoms with van der Waals surface area (Å²) in [5.74, 6) is 2.06. The van der Waals surface area contributed by atoms with Crippen molar-refractivity contribution in [2.75, 3.05) is 20.6 Å². The van der Waals surface area contributed by atoms with Crippen molar-refractivity contribution in [1.29, 1.82) is 0 Å². The van der Waals surface area contributed by atoms with Crippen LogP contribution in [0.15, 0.2) is 22.2 Å². The molecule has 1 aromatic rings. The van der Waals surface area contributed by atoms with Crippen LogP contribution in [0, 0.1) is 6.92 Å². The molecule has 0 bridgehead atoms. The SMILES string of the molecule is C=CCCCCCN(C)C(=NC)NCc1nc(C)no1. The standard InChI is InChI=1S/C14H25N5O/c1-5-6-7-8-9-10-19(4)14(15-3)16-11-13-17-12(2)18-20-13/h5H,1,6-11H2,2-4H3,(H,15,16). The number of aromatic nitrogens is 2. The third-order valence-corrected chi connectivity index (χ3v) is 2.94. The summed E-state index contributed by atoms with van der Waals surface area (Å²) in [5, 5.41) is 6.97. The molecule has 0 unspecified atom stereocenters. The van der Waals surface area contributed by atoms with Crippen LogP contribution in [0.4, 0.5) is 0 Å². The largest absolute Gasteiger partial charge is 0.347 e. The number of hydrogen-bond acceptors (Lipinski definition) is 4. The van der Waals surface area contributed by atoms with Crippen molar-refractivity contribution >= 4 is 5.96 Å². The van der Waals surface area contributed by atoms with Crippen molar-refractivity contribution in [3.05, 3.63) is 24.4 Å². The average Bonchev–Trinajstić information content (AvgIpc) is 2.85. The Balaban J connectivity index is 2.28. The molecule has 0 amide bonds. The first-order valence-electron chi connectivity index (χ1n) is 6.99. The van der Waals surface area contributed by atoms with Crippen LogP contribution in [0.5, 0.6) is 0 Å². The fourth-order valence-electron chi connectivity index (χ4n) is 1.87. The number of unbranched alkanes of at least 4 members (excludes halogenated alkanes) is 3. The lowest BCUT2D eigenvalue weighted by atomic mass is 10.2. The van der Waals surface area contributed by atoms with E-state index in [1.54, 1.807) is 14.0 Å². The summed E-state index contributed by atoms with van der Waals surface area (Å²) in [6, 6.07) is 0. The monoisotopic (exact) mass is 279 g/mol. The van der Waals surface area contributed by atoms with Crippen LogP contribution in [0.2, 0.25) is 0 Å². The summed E-state index contributed by atoms with van der Waals surface area (Å²) in [6.07, 6.45) is 6.61. The van der Waals surface area contributed by atoms with Crippen molar-refractivity contribution in [2.45, 2.75) is 39.2 Å². The fourth-order valence-corrected chi connectivity index (χ4v) is 1.87. The van der Waals surface area contributed by atoms with Crippen LogP contribution in [0.3, 0.4) is 0 Å². The van der Waals surface area contributed by atoms with E-state index < -0.39 is 0 Å². The third kappa shape index (κ3) is 5.86. The summed E-state index contributed by atoms with van der Waals surface area (Å²) in [6.45, 7) is 7.00. The van der Waals surface area contributed by atoms with E-state index in [-0.39, 0.29) is 0 Å². The highest BCUT2D eigenvalue weighted by molar-refractivity contribution is 5.79. The topological polar surface area (TPSA) is 66.5 Å². The summed E-state index contributed by atoms with van der Waals surface area (Å²) < 4.78 is 5.06. The molecule has 0 atom stereocenters. The van der Waals surface area contributed by atoms with Crippen LogP contribution in [0.25, 0.3) is 0 Å². The van der Waals surface area contributed by atoms with Crippen LogP contribution in [-0.2, 0) is 6.54 Å². The molecule has 112 valence electrons. The predicted molar refractivity (Wildman–Crippen MR) is 80.5 cm³/mol. The van der Waals surface area contributed by atoms with E-state index in [1.165, 1.54) is 12.8 Å². The summed E-state index contributed by atoms with van der Waals surface area (Å²) in [5.41, 5.74) is 0. The van der Waals surface area contributed by atoms with Gasteiger partial charge in [-0.3, -0.25) is 4.99 Å². The third-order valence-electron chi connectivity index (χ3n) is 2.94. The minimum absolute atomic E-state index is 0.494. The maximum atomic E-state index is 5.06. The lowest BCUT2D eigenvalue weighted by Gasteiger charge is -2.21.